The quantitative estimate of drug-likeness (QED) is 0.575. The molecule has 1 aliphatic heterocycles. The van der Waals surface area contributed by atoms with Crippen LogP contribution in [0.4, 0.5) is 0 Å². The van der Waals surface area contributed by atoms with Crippen molar-refractivity contribution in [3.8, 4) is 10.4 Å². The minimum absolute atomic E-state index is 0.0781. The van der Waals surface area contributed by atoms with Gasteiger partial charge in [-0.1, -0.05) is 48.0 Å². The standard InChI is InChI=1S/C24H25ClN2OS/c25-21-7-2-4-18(15-21)16-24(28)26-22-9-11-27(12-10-22)17-19-5-1-6-20(14-19)23-8-3-13-29-23/h1-8,13-15,22H,9-12,16-17H2,(H,26,28). The summed E-state index contributed by atoms with van der Waals surface area (Å²) in [5.41, 5.74) is 3.60. The third kappa shape index (κ3) is 5.69. The first-order chi connectivity index (χ1) is 14.2. The Morgan fingerprint density at radius 2 is 1.83 bits per heavy atom. The lowest BCUT2D eigenvalue weighted by molar-refractivity contribution is -0.121. The van der Waals surface area contributed by atoms with Crippen LogP contribution in [0.25, 0.3) is 10.4 Å². The number of hydrogen-bond acceptors (Lipinski definition) is 3. The summed E-state index contributed by atoms with van der Waals surface area (Å²) < 4.78 is 0. The molecule has 150 valence electrons. The molecule has 29 heavy (non-hydrogen) atoms. The van der Waals surface area contributed by atoms with Gasteiger partial charge in [-0.25, -0.2) is 0 Å². The maximum Gasteiger partial charge on any atom is 0.224 e. The van der Waals surface area contributed by atoms with Crippen molar-refractivity contribution in [3.05, 3.63) is 82.2 Å². The maximum atomic E-state index is 12.3. The van der Waals surface area contributed by atoms with Crippen LogP contribution in [0.5, 0.6) is 0 Å². The zero-order valence-electron chi connectivity index (χ0n) is 16.3. The second-order valence-corrected chi connectivity index (χ2v) is 8.99. The summed E-state index contributed by atoms with van der Waals surface area (Å²) in [7, 11) is 0. The summed E-state index contributed by atoms with van der Waals surface area (Å²) in [6.45, 7) is 2.97. The summed E-state index contributed by atoms with van der Waals surface area (Å²) in [5.74, 6) is 0.0781. The highest BCUT2D eigenvalue weighted by molar-refractivity contribution is 7.13. The third-order valence-corrected chi connectivity index (χ3v) is 6.50. The van der Waals surface area contributed by atoms with E-state index >= 15 is 0 Å². The molecule has 1 fully saturated rings. The lowest BCUT2D eigenvalue weighted by atomic mass is 10.0. The van der Waals surface area contributed by atoms with Gasteiger partial charge in [0, 0.05) is 35.6 Å². The number of piperidine rings is 1. The molecule has 3 aromatic rings. The van der Waals surface area contributed by atoms with Gasteiger partial charge in [0.05, 0.1) is 6.42 Å². The van der Waals surface area contributed by atoms with E-state index in [2.05, 4.69) is 52.0 Å². The van der Waals surface area contributed by atoms with E-state index in [1.165, 1.54) is 16.0 Å². The number of carbonyl (C=O) groups excluding carboxylic acids is 1. The maximum absolute atomic E-state index is 12.3. The fourth-order valence-electron chi connectivity index (χ4n) is 3.87. The van der Waals surface area contributed by atoms with Gasteiger partial charge in [-0.3, -0.25) is 9.69 Å². The molecule has 4 rings (SSSR count). The lowest BCUT2D eigenvalue weighted by Gasteiger charge is -2.32. The molecule has 1 aromatic heterocycles. The highest BCUT2D eigenvalue weighted by Crippen LogP contribution is 2.26. The molecular formula is C24H25ClN2OS. The molecule has 0 bridgehead atoms. The average Bonchev–Trinajstić information content (AvgIpc) is 3.25. The molecule has 2 aromatic carbocycles. The van der Waals surface area contributed by atoms with Crippen LogP contribution >= 0.6 is 22.9 Å². The SMILES string of the molecule is O=C(Cc1cccc(Cl)c1)NC1CCN(Cc2cccc(-c3cccs3)c2)CC1. The van der Waals surface area contributed by atoms with Crippen molar-refractivity contribution >= 4 is 28.8 Å². The molecule has 5 heteroatoms. The third-order valence-electron chi connectivity index (χ3n) is 5.35. The zero-order valence-corrected chi connectivity index (χ0v) is 17.9. The summed E-state index contributed by atoms with van der Waals surface area (Å²) in [5, 5.41) is 5.98. The van der Waals surface area contributed by atoms with Crippen molar-refractivity contribution < 1.29 is 4.79 Å². The van der Waals surface area contributed by atoms with E-state index in [-0.39, 0.29) is 11.9 Å². The van der Waals surface area contributed by atoms with Crippen molar-refractivity contribution in [3.63, 3.8) is 0 Å². The topological polar surface area (TPSA) is 32.3 Å². The summed E-state index contributed by atoms with van der Waals surface area (Å²) in [4.78, 5) is 16.1. The molecule has 2 heterocycles. The second-order valence-electron chi connectivity index (χ2n) is 7.60. The van der Waals surface area contributed by atoms with E-state index in [0.29, 0.717) is 11.4 Å². The first-order valence-electron chi connectivity index (χ1n) is 10.0. The van der Waals surface area contributed by atoms with E-state index < -0.39 is 0 Å². The molecule has 1 N–H and O–H groups in total. The lowest BCUT2D eigenvalue weighted by Crippen LogP contribution is -2.44. The molecule has 0 atom stereocenters. The summed E-state index contributed by atoms with van der Waals surface area (Å²) >= 11 is 7.78. The Bertz CT molecular complexity index is 949. The molecule has 1 saturated heterocycles. The number of amides is 1. The zero-order chi connectivity index (χ0) is 20.1. The highest BCUT2D eigenvalue weighted by atomic mass is 35.5. The molecule has 1 aliphatic rings. The van der Waals surface area contributed by atoms with Gasteiger partial charge in [0.1, 0.15) is 0 Å². The number of rotatable bonds is 6. The molecule has 0 spiro atoms. The molecule has 0 saturated carbocycles. The smallest absolute Gasteiger partial charge is 0.224 e. The number of nitrogens with one attached hydrogen (secondary N) is 1. The van der Waals surface area contributed by atoms with Crippen LogP contribution in [0, 0.1) is 0 Å². The minimum Gasteiger partial charge on any atom is -0.353 e. The van der Waals surface area contributed by atoms with Gasteiger partial charge in [-0.2, -0.15) is 0 Å². The Kier molecular flexibility index (Phi) is 6.65. The van der Waals surface area contributed by atoms with Crippen molar-refractivity contribution in [2.75, 3.05) is 13.1 Å². The van der Waals surface area contributed by atoms with Crippen molar-refractivity contribution in [1.29, 1.82) is 0 Å². The van der Waals surface area contributed by atoms with Gasteiger partial charge in [0.2, 0.25) is 5.91 Å². The van der Waals surface area contributed by atoms with Crippen LogP contribution in [0.3, 0.4) is 0 Å². The second kappa shape index (κ2) is 9.57. The predicted octanol–water partition coefficient (Wildman–Crippen LogP) is 5.39. The first-order valence-corrected chi connectivity index (χ1v) is 11.3. The average molecular weight is 425 g/mol. The largest absolute Gasteiger partial charge is 0.353 e. The molecule has 1 amide bonds. The van der Waals surface area contributed by atoms with Gasteiger partial charge in [0.25, 0.3) is 0 Å². The number of nitrogens with zero attached hydrogens (tertiary/aromatic N) is 1. The van der Waals surface area contributed by atoms with Crippen molar-refractivity contribution in [2.45, 2.75) is 31.8 Å². The van der Waals surface area contributed by atoms with Gasteiger partial charge in [0.15, 0.2) is 0 Å². The number of benzene rings is 2. The Hall–Kier alpha value is -2.14. The number of hydrogen-bond donors (Lipinski definition) is 1. The van der Waals surface area contributed by atoms with Crippen LogP contribution in [-0.2, 0) is 17.8 Å². The van der Waals surface area contributed by atoms with Gasteiger partial charge < -0.3 is 5.32 Å². The molecule has 0 aliphatic carbocycles. The Morgan fingerprint density at radius 3 is 2.59 bits per heavy atom. The molecule has 3 nitrogen and oxygen atoms in total. The van der Waals surface area contributed by atoms with E-state index in [0.717, 1.165) is 38.0 Å². The normalized spacial score (nSPS) is 15.3. The first kappa shape index (κ1) is 20.1. The predicted molar refractivity (Wildman–Crippen MR) is 121 cm³/mol. The number of thiophene rings is 1. The van der Waals surface area contributed by atoms with E-state index in [9.17, 15) is 4.79 Å². The van der Waals surface area contributed by atoms with Gasteiger partial charge >= 0.3 is 0 Å². The minimum atomic E-state index is 0.0781. The van der Waals surface area contributed by atoms with Crippen LogP contribution in [0.1, 0.15) is 24.0 Å². The Balaban J connectivity index is 1.25. The van der Waals surface area contributed by atoms with Crippen molar-refractivity contribution in [1.82, 2.24) is 10.2 Å². The monoisotopic (exact) mass is 424 g/mol. The summed E-state index contributed by atoms with van der Waals surface area (Å²) in [6, 6.07) is 20.9. The number of halogens is 1. The number of likely N-dealkylation sites (tertiary alicyclic amines) is 1. The van der Waals surface area contributed by atoms with Crippen LogP contribution in [0.15, 0.2) is 66.0 Å². The van der Waals surface area contributed by atoms with Crippen molar-refractivity contribution in [2.24, 2.45) is 0 Å². The van der Waals surface area contributed by atoms with Crippen LogP contribution in [0.2, 0.25) is 5.02 Å². The van der Waals surface area contributed by atoms with E-state index in [4.69, 9.17) is 11.6 Å². The molecule has 0 unspecified atom stereocenters. The van der Waals surface area contributed by atoms with E-state index in [1.807, 2.05) is 24.3 Å². The van der Waals surface area contributed by atoms with Gasteiger partial charge in [-0.05, 0) is 59.2 Å². The summed E-state index contributed by atoms with van der Waals surface area (Å²) in [6.07, 6.45) is 2.37. The fraction of sp³-hybridized carbons (Fsp3) is 0.292. The van der Waals surface area contributed by atoms with Crippen LogP contribution < -0.4 is 5.32 Å². The number of carbonyl (C=O) groups is 1. The molecule has 0 radical (unpaired) electrons. The molecular weight excluding hydrogens is 400 g/mol. The van der Waals surface area contributed by atoms with E-state index in [1.54, 1.807) is 11.3 Å². The Morgan fingerprint density at radius 1 is 1.03 bits per heavy atom. The van der Waals surface area contributed by atoms with Crippen LogP contribution in [-0.4, -0.2) is 29.9 Å². The Labute approximate surface area is 181 Å². The highest BCUT2D eigenvalue weighted by Gasteiger charge is 2.21. The fourth-order valence-corrected chi connectivity index (χ4v) is 4.81. The van der Waals surface area contributed by atoms with Gasteiger partial charge in [-0.15, -0.1) is 11.3 Å².